The molecule has 1 atom stereocenters. The van der Waals surface area contributed by atoms with Crippen LogP contribution in [0.2, 0.25) is 0 Å². The Kier molecular flexibility index (Phi) is 12.3. The van der Waals surface area contributed by atoms with Gasteiger partial charge in [-0.15, -0.1) is 10.1 Å². The minimum atomic E-state index is -3.95. The van der Waals surface area contributed by atoms with Crippen LogP contribution in [0.5, 0.6) is 5.75 Å². The molecule has 1 aliphatic rings. The van der Waals surface area contributed by atoms with Gasteiger partial charge in [0.2, 0.25) is 10.0 Å². The molecular weight excluding hydrogens is 636 g/mol. The lowest BCUT2D eigenvalue weighted by atomic mass is 10.1. The summed E-state index contributed by atoms with van der Waals surface area (Å²) in [5.74, 6) is -0.568. The summed E-state index contributed by atoms with van der Waals surface area (Å²) in [5.41, 5.74) is 2.05. The van der Waals surface area contributed by atoms with Crippen molar-refractivity contribution in [1.29, 1.82) is 0 Å². The highest BCUT2D eigenvalue weighted by Crippen LogP contribution is 2.33. The molecule has 4 rings (SSSR count). The number of nitrogens with one attached hydrogen (secondary N) is 1. The number of carboxylic acids is 1. The summed E-state index contributed by atoms with van der Waals surface area (Å²) in [7, 11) is -3.95. The highest BCUT2D eigenvalue weighted by atomic mass is 32.2. The minimum Gasteiger partial charge on any atom is -0.493 e. The molecule has 1 saturated heterocycles. The number of sulfonamides is 1. The molecule has 16 nitrogen and oxygen atoms in total. The molecule has 1 unspecified atom stereocenters. The number of carboxylic acid groups (broad SMARTS) is 1. The van der Waals surface area contributed by atoms with Crippen LogP contribution in [0.25, 0.3) is 22.4 Å². The van der Waals surface area contributed by atoms with E-state index in [0.29, 0.717) is 55.1 Å². The second kappa shape index (κ2) is 16.2. The van der Waals surface area contributed by atoms with Crippen molar-refractivity contribution in [1.82, 2.24) is 23.7 Å². The van der Waals surface area contributed by atoms with Gasteiger partial charge in [0, 0.05) is 45.5 Å². The molecule has 0 bridgehead atoms. The van der Waals surface area contributed by atoms with E-state index in [1.165, 1.54) is 16.4 Å². The molecule has 2 N–H and O–H groups in total. The number of aromatic amines is 1. The second-order valence-corrected chi connectivity index (χ2v) is 13.0. The molecular formula is C30H42N6O10S. The number of ether oxygens (including phenoxy) is 2. The van der Waals surface area contributed by atoms with Crippen molar-refractivity contribution >= 4 is 27.0 Å². The average Bonchev–Trinajstić information content (AvgIpc) is 3.41. The van der Waals surface area contributed by atoms with Crippen LogP contribution >= 0.6 is 0 Å². The first-order valence-electron chi connectivity index (χ1n) is 15.7. The Hall–Kier alpha value is -4.06. The number of aromatic nitrogens is 3. The molecule has 0 aliphatic carbocycles. The number of piperazine rings is 1. The summed E-state index contributed by atoms with van der Waals surface area (Å²) in [5, 5.41) is 18.7. The number of nitrogens with zero attached hydrogens (tertiary/aromatic N) is 5. The largest absolute Gasteiger partial charge is 0.493 e. The van der Waals surface area contributed by atoms with E-state index in [1.807, 2.05) is 29.5 Å². The zero-order chi connectivity index (χ0) is 34.1. The summed E-state index contributed by atoms with van der Waals surface area (Å²) in [6, 6.07) is 4.57. The van der Waals surface area contributed by atoms with Crippen molar-refractivity contribution in [2.45, 2.75) is 64.0 Å². The molecule has 0 saturated carbocycles. The number of fused-ring (bicyclic) bond motifs is 1. The van der Waals surface area contributed by atoms with E-state index in [1.54, 1.807) is 6.07 Å². The predicted octanol–water partition coefficient (Wildman–Crippen LogP) is 2.53. The SMILES string of the molecule is CCCOc1ccc(S(=O)(=O)N2CCN(CCC(OCCO[N+](=O)[O-])C(=O)O)CC2)cc1-c1nc2c(CCC)cn(CC)c2c(=O)[nH]1. The fourth-order valence-electron chi connectivity index (χ4n) is 5.52. The molecule has 1 aromatic carbocycles. The Morgan fingerprint density at radius 3 is 2.51 bits per heavy atom. The number of aliphatic carboxylic acids is 1. The van der Waals surface area contributed by atoms with Gasteiger partial charge in [0.15, 0.2) is 6.10 Å². The van der Waals surface area contributed by atoms with Crippen LogP contribution in [-0.4, -0.2) is 107 Å². The van der Waals surface area contributed by atoms with Crippen molar-refractivity contribution in [3.05, 3.63) is 50.4 Å². The van der Waals surface area contributed by atoms with Crippen LogP contribution in [0.15, 0.2) is 34.1 Å². The van der Waals surface area contributed by atoms with Crippen molar-refractivity contribution < 1.29 is 37.7 Å². The summed E-state index contributed by atoms with van der Waals surface area (Å²) in [6.07, 6.45) is 3.20. The zero-order valence-corrected chi connectivity index (χ0v) is 27.7. The van der Waals surface area contributed by atoms with E-state index in [-0.39, 0.29) is 49.0 Å². The van der Waals surface area contributed by atoms with Crippen LogP contribution in [0.3, 0.4) is 0 Å². The molecule has 3 aromatic rings. The minimum absolute atomic E-state index is 0.0312. The normalized spacial score (nSPS) is 15.1. The predicted molar refractivity (Wildman–Crippen MR) is 171 cm³/mol. The number of hydrogen-bond acceptors (Lipinski definition) is 11. The quantitative estimate of drug-likeness (QED) is 0.113. The van der Waals surface area contributed by atoms with Crippen molar-refractivity contribution in [3.63, 3.8) is 0 Å². The standard InChI is InChI=1S/C30H42N6O10S/c1-4-7-21-20-34(6-3)27-26(21)31-28(32-29(27)37)23-19-22(8-9-24(23)44-16-5-2)47(42,43)35-14-12-33(13-15-35)11-10-25(30(38)39)45-17-18-46-36(40)41/h8-9,19-20,25H,4-7,10-18H2,1-3H3,(H,38,39)(H,31,32,37). The molecule has 258 valence electrons. The zero-order valence-electron chi connectivity index (χ0n) is 26.8. The molecule has 0 radical (unpaired) electrons. The summed E-state index contributed by atoms with van der Waals surface area (Å²) < 4.78 is 42.1. The maximum atomic E-state index is 13.8. The highest BCUT2D eigenvalue weighted by molar-refractivity contribution is 7.89. The van der Waals surface area contributed by atoms with E-state index < -0.39 is 27.2 Å². The van der Waals surface area contributed by atoms with Gasteiger partial charge >= 0.3 is 5.97 Å². The van der Waals surface area contributed by atoms with Crippen LogP contribution in [-0.2, 0) is 37.4 Å². The van der Waals surface area contributed by atoms with E-state index in [0.717, 1.165) is 24.8 Å². The molecule has 47 heavy (non-hydrogen) atoms. The summed E-state index contributed by atoms with van der Waals surface area (Å²) >= 11 is 0. The highest BCUT2D eigenvalue weighted by Gasteiger charge is 2.30. The van der Waals surface area contributed by atoms with Crippen LogP contribution < -0.4 is 10.3 Å². The molecule has 1 fully saturated rings. The number of aryl methyl sites for hydroxylation is 2. The van der Waals surface area contributed by atoms with Gasteiger partial charge < -0.3 is 33.9 Å². The number of benzene rings is 1. The number of carbonyl (C=O) groups is 1. The fraction of sp³-hybridized carbons (Fsp3) is 0.567. The molecule has 1 aliphatic heterocycles. The summed E-state index contributed by atoms with van der Waals surface area (Å²) in [6.45, 7) is 7.72. The topological polar surface area (TPSA) is 199 Å². The number of H-pyrrole nitrogens is 1. The Labute approximate surface area is 272 Å². The van der Waals surface area contributed by atoms with Crippen molar-refractivity contribution in [2.75, 3.05) is 52.5 Å². The second-order valence-electron chi connectivity index (χ2n) is 11.1. The van der Waals surface area contributed by atoms with Crippen molar-refractivity contribution in [3.8, 4) is 17.1 Å². The third-order valence-electron chi connectivity index (χ3n) is 7.88. The van der Waals surface area contributed by atoms with Gasteiger partial charge in [-0.1, -0.05) is 20.3 Å². The molecule has 0 amide bonds. The van der Waals surface area contributed by atoms with Gasteiger partial charge in [0.25, 0.3) is 10.6 Å². The first-order valence-corrected chi connectivity index (χ1v) is 17.2. The lowest BCUT2D eigenvalue weighted by Gasteiger charge is -2.34. The van der Waals surface area contributed by atoms with Gasteiger partial charge in [0.1, 0.15) is 23.7 Å². The number of hydrogen-bond donors (Lipinski definition) is 2. The monoisotopic (exact) mass is 678 g/mol. The molecule has 3 heterocycles. The average molecular weight is 679 g/mol. The van der Waals surface area contributed by atoms with Crippen LogP contribution in [0.4, 0.5) is 0 Å². The third kappa shape index (κ3) is 8.65. The first kappa shape index (κ1) is 35.8. The van der Waals surface area contributed by atoms with Gasteiger partial charge in [-0.2, -0.15) is 4.31 Å². The Bertz CT molecular complexity index is 1720. The Balaban J connectivity index is 1.53. The van der Waals surface area contributed by atoms with Crippen LogP contribution in [0.1, 0.15) is 45.6 Å². The molecule has 0 spiro atoms. The lowest BCUT2D eigenvalue weighted by Crippen LogP contribution is -2.49. The Morgan fingerprint density at radius 1 is 1.13 bits per heavy atom. The number of rotatable bonds is 18. The van der Waals surface area contributed by atoms with E-state index in [2.05, 4.69) is 16.7 Å². The van der Waals surface area contributed by atoms with E-state index >= 15 is 0 Å². The third-order valence-corrected chi connectivity index (χ3v) is 9.77. The summed E-state index contributed by atoms with van der Waals surface area (Å²) in [4.78, 5) is 48.9. The van der Waals surface area contributed by atoms with Gasteiger partial charge in [-0.05, 0) is 49.9 Å². The van der Waals surface area contributed by atoms with Gasteiger partial charge in [-0.3, -0.25) is 4.79 Å². The van der Waals surface area contributed by atoms with Crippen LogP contribution in [0, 0.1) is 10.1 Å². The van der Waals surface area contributed by atoms with E-state index in [9.17, 15) is 33.2 Å². The maximum Gasteiger partial charge on any atom is 0.332 e. The maximum absolute atomic E-state index is 13.8. The Morgan fingerprint density at radius 2 is 1.87 bits per heavy atom. The smallest absolute Gasteiger partial charge is 0.332 e. The van der Waals surface area contributed by atoms with E-state index in [4.69, 9.17) is 14.5 Å². The molecule has 17 heteroatoms. The van der Waals surface area contributed by atoms with Gasteiger partial charge in [-0.25, -0.2) is 18.2 Å². The fourth-order valence-corrected chi connectivity index (χ4v) is 6.96. The van der Waals surface area contributed by atoms with Crippen molar-refractivity contribution in [2.24, 2.45) is 0 Å². The first-order chi connectivity index (χ1) is 22.5. The van der Waals surface area contributed by atoms with Gasteiger partial charge in [0.05, 0.1) is 29.2 Å². The lowest BCUT2D eigenvalue weighted by molar-refractivity contribution is -0.758. The molecule has 2 aromatic heterocycles.